The summed E-state index contributed by atoms with van der Waals surface area (Å²) < 4.78 is -1.91. The fourth-order valence-corrected chi connectivity index (χ4v) is 6.53. The number of hydroxylamine groups is 2. The quantitative estimate of drug-likeness (QED) is 0.347. The van der Waals surface area contributed by atoms with Crippen LogP contribution in [0.25, 0.3) is 0 Å². The molecular formula is C14H13Cl6NO3. The fraction of sp³-hybridized carbons (Fsp3) is 0.714. The Bertz CT molecular complexity index is 606. The van der Waals surface area contributed by atoms with E-state index < -0.39 is 37.7 Å². The van der Waals surface area contributed by atoms with Gasteiger partial charge in [-0.15, -0.1) is 23.2 Å². The number of hydrogen-bond donors (Lipinski definition) is 0. The Kier molecular flexibility index (Phi) is 4.88. The highest BCUT2D eigenvalue weighted by Gasteiger charge is 2.87. The van der Waals surface area contributed by atoms with E-state index in [2.05, 4.69) is 0 Å². The molecular weight excluding hydrogens is 443 g/mol. The molecule has 0 aromatic heterocycles. The number of carbonyl (C=O) groups excluding carboxylic acids is 2. The average Bonchev–Trinajstić information content (AvgIpc) is 2.90. The van der Waals surface area contributed by atoms with Gasteiger partial charge in [-0.3, -0.25) is 14.4 Å². The molecule has 2 aliphatic carbocycles. The molecule has 2 amide bonds. The molecule has 0 radical (unpaired) electrons. The third kappa shape index (κ3) is 2.00. The first-order chi connectivity index (χ1) is 11.1. The van der Waals surface area contributed by atoms with E-state index in [1.165, 1.54) is 0 Å². The molecule has 4 atom stereocenters. The molecule has 2 fully saturated rings. The van der Waals surface area contributed by atoms with Crippen LogP contribution >= 0.6 is 69.6 Å². The van der Waals surface area contributed by atoms with E-state index in [1.54, 1.807) is 0 Å². The number of carbonyl (C=O) groups is 2. The van der Waals surface area contributed by atoms with Crippen LogP contribution in [-0.2, 0) is 14.4 Å². The first kappa shape index (κ1) is 19.3. The molecule has 1 saturated carbocycles. The number of allylic oxidation sites excluding steroid dienone is 2. The second-order valence-corrected chi connectivity index (χ2v) is 9.37. The molecule has 4 nitrogen and oxygen atoms in total. The highest BCUT2D eigenvalue weighted by Crippen LogP contribution is 2.77. The average molecular weight is 456 g/mol. The van der Waals surface area contributed by atoms with Crippen molar-refractivity contribution in [3.63, 3.8) is 0 Å². The third-order valence-corrected chi connectivity index (χ3v) is 9.10. The summed E-state index contributed by atoms with van der Waals surface area (Å²) in [7, 11) is 0. The predicted octanol–water partition coefficient (Wildman–Crippen LogP) is 4.55. The smallest absolute Gasteiger partial charge is 0.259 e. The van der Waals surface area contributed by atoms with Crippen LogP contribution in [0.2, 0.25) is 0 Å². The van der Waals surface area contributed by atoms with E-state index in [9.17, 15) is 9.59 Å². The van der Waals surface area contributed by atoms with Crippen LogP contribution in [0.4, 0.5) is 0 Å². The first-order valence-corrected chi connectivity index (χ1v) is 9.67. The van der Waals surface area contributed by atoms with E-state index in [0.29, 0.717) is 11.5 Å². The van der Waals surface area contributed by atoms with E-state index in [4.69, 9.17) is 74.4 Å². The zero-order valence-electron chi connectivity index (χ0n) is 12.4. The van der Waals surface area contributed by atoms with Crippen LogP contribution in [0.15, 0.2) is 10.1 Å². The van der Waals surface area contributed by atoms with E-state index in [-0.39, 0.29) is 16.7 Å². The van der Waals surface area contributed by atoms with Crippen LogP contribution in [0.1, 0.15) is 26.2 Å². The highest BCUT2D eigenvalue weighted by atomic mass is 35.5. The summed E-state index contributed by atoms with van der Waals surface area (Å²) >= 11 is 38.2. The number of alkyl halides is 4. The summed E-state index contributed by atoms with van der Waals surface area (Å²) in [5, 5.41) is 0.476. The lowest BCUT2D eigenvalue weighted by atomic mass is 9.84. The largest absolute Gasteiger partial charge is 0.272 e. The molecule has 1 aliphatic heterocycles. The van der Waals surface area contributed by atoms with Gasteiger partial charge in [0.05, 0.1) is 28.5 Å². The van der Waals surface area contributed by atoms with E-state index in [1.807, 2.05) is 6.92 Å². The predicted molar refractivity (Wildman–Crippen MR) is 94.6 cm³/mol. The van der Waals surface area contributed by atoms with Gasteiger partial charge in [-0.05, 0) is 6.42 Å². The molecule has 134 valence electrons. The molecule has 0 unspecified atom stereocenters. The SMILES string of the molecule is CCCCCON1C(=O)[C@@H]2[C@H](C1=O)[C@]1(Cl)C(Cl)=C(Cl)[C@]2(Cl)C1(Cl)Cl. The zero-order valence-corrected chi connectivity index (χ0v) is 17.0. The Hall–Kier alpha value is 0.580. The van der Waals surface area contributed by atoms with Gasteiger partial charge in [0.2, 0.25) is 0 Å². The maximum atomic E-state index is 12.7. The van der Waals surface area contributed by atoms with Crippen LogP contribution in [-0.4, -0.2) is 37.6 Å². The minimum absolute atomic E-state index is 0.110. The van der Waals surface area contributed by atoms with Gasteiger partial charge in [0.25, 0.3) is 11.8 Å². The van der Waals surface area contributed by atoms with Crippen molar-refractivity contribution in [3.8, 4) is 0 Å². The summed E-state index contributed by atoms with van der Waals surface area (Å²) in [6, 6.07) is 0. The molecule has 3 rings (SSSR count). The van der Waals surface area contributed by atoms with Crippen LogP contribution < -0.4 is 0 Å². The molecule has 0 spiro atoms. The fourth-order valence-electron chi connectivity index (χ4n) is 3.60. The van der Waals surface area contributed by atoms with E-state index in [0.717, 1.165) is 12.8 Å². The van der Waals surface area contributed by atoms with Crippen molar-refractivity contribution in [2.75, 3.05) is 6.61 Å². The van der Waals surface area contributed by atoms with Gasteiger partial charge >= 0.3 is 0 Å². The number of rotatable bonds is 5. The summed E-state index contributed by atoms with van der Waals surface area (Å²) in [6.07, 6.45) is 2.59. The second kappa shape index (κ2) is 6.05. The molecule has 0 aromatic carbocycles. The minimum Gasteiger partial charge on any atom is -0.272 e. The molecule has 2 bridgehead atoms. The lowest BCUT2D eigenvalue weighted by Crippen LogP contribution is -2.50. The van der Waals surface area contributed by atoms with Gasteiger partial charge in [0.1, 0.15) is 9.75 Å². The molecule has 1 heterocycles. The Labute approximate surface area is 169 Å². The lowest BCUT2D eigenvalue weighted by molar-refractivity contribution is -0.190. The van der Waals surface area contributed by atoms with Crippen LogP contribution in [0, 0.1) is 11.8 Å². The van der Waals surface area contributed by atoms with Crippen LogP contribution in [0.3, 0.4) is 0 Å². The van der Waals surface area contributed by atoms with Crippen molar-refractivity contribution in [2.24, 2.45) is 11.8 Å². The standard InChI is InChI=1S/C14H13Cl6NO3/c1-2-3-4-5-24-21-10(22)6-7(11(21)23)13(18)9(16)8(15)12(6,17)14(13,19)20/h6-7H,2-5H2,1H3/t6-,7+,12-,13-/m0/s1. The molecule has 1 saturated heterocycles. The van der Waals surface area contributed by atoms with Crippen molar-refractivity contribution < 1.29 is 14.4 Å². The summed E-state index contributed by atoms with van der Waals surface area (Å²) in [6.45, 7) is 2.25. The summed E-state index contributed by atoms with van der Waals surface area (Å²) in [5.74, 6) is -3.60. The summed E-state index contributed by atoms with van der Waals surface area (Å²) in [4.78, 5) is 27.2. The zero-order chi connectivity index (χ0) is 18.1. The number of unbranched alkanes of at least 4 members (excludes halogenated alkanes) is 2. The maximum Gasteiger partial charge on any atom is 0.259 e. The Morgan fingerprint density at radius 3 is 1.83 bits per heavy atom. The Balaban J connectivity index is 1.97. The molecule has 24 heavy (non-hydrogen) atoms. The summed E-state index contributed by atoms with van der Waals surface area (Å²) in [5.41, 5.74) is 0. The number of fused-ring (bicyclic) bond motifs is 5. The molecule has 3 aliphatic rings. The highest BCUT2D eigenvalue weighted by molar-refractivity contribution is 6.66. The normalized spacial score (nSPS) is 40.0. The van der Waals surface area contributed by atoms with Gasteiger partial charge in [0.15, 0.2) is 4.33 Å². The van der Waals surface area contributed by atoms with Gasteiger partial charge in [-0.1, -0.05) is 66.2 Å². The van der Waals surface area contributed by atoms with Gasteiger partial charge in [0, 0.05) is 0 Å². The number of nitrogens with zero attached hydrogens (tertiary/aromatic N) is 1. The van der Waals surface area contributed by atoms with Crippen molar-refractivity contribution in [2.45, 2.75) is 40.3 Å². The first-order valence-electron chi connectivity index (χ1n) is 7.41. The number of halogens is 6. The minimum atomic E-state index is -1.91. The molecule has 0 aromatic rings. The Morgan fingerprint density at radius 1 is 0.958 bits per heavy atom. The second-order valence-electron chi connectivity index (χ2n) is 6.09. The Morgan fingerprint density at radius 2 is 1.42 bits per heavy atom. The number of hydrogen-bond acceptors (Lipinski definition) is 3. The topological polar surface area (TPSA) is 46.6 Å². The van der Waals surface area contributed by atoms with Crippen molar-refractivity contribution >= 4 is 81.4 Å². The number of amides is 2. The van der Waals surface area contributed by atoms with E-state index >= 15 is 0 Å². The monoisotopic (exact) mass is 453 g/mol. The molecule has 0 N–H and O–H groups in total. The van der Waals surface area contributed by atoms with Crippen molar-refractivity contribution in [1.82, 2.24) is 5.06 Å². The third-order valence-electron chi connectivity index (χ3n) is 4.84. The van der Waals surface area contributed by atoms with Gasteiger partial charge in [-0.25, -0.2) is 0 Å². The maximum absolute atomic E-state index is 12.7. The molecule has 10 heteroatoms. The number of imide groups is 1. The van der Waals surface area contributed by atoms with Crippen molar-refractivity contribution in [3.05, 3.63) is 10.1 Å². The van der Waals surface area contributed by atoms with Gasteiger partial charge in [-0.2, -0.15) is 5.06 Å². The van der Waals surface area contributed by atoms with Gasteiger partial charge < -0.3 is 0 Å². The lowest BCUT2D eigenvalue weighted by Gasteiger charge is -2.34. The van der Waals surface area contributed by atoms with Crippen LogP contribution in [0.5, 0.6) is 0 Å². The van der Waals surface area contributed by atoms with Crippen molar-refractivity contribution in [1.29, 1.82) is 0 Å².